The van der Waals surface area contributed by atoms with Gasteiger partial charge in [0.25, 0.3) is 0 Å². The number of aryl methyl sites for hydroxylation is 3. The molecule has 4 rings (SSSR count). The topological polar surface area (TPSA) is 103 Å². The molecule has 0 atom stereocenters. The molecular weight excluding hydrogens is 420 g/mol. The molecule has 2 aromatic carbocycles. The van der Waals surface area contributed by atoms with Crippen LogP contribution in [0.4, 0.5) is 16.2 Å². The number of carbonyl (C=O) groups excluding carboxylic acids is 1. The summed E-state index contributed by atoms with van der Waals surface area (Å²) >= 11 is 0. The molecule has 9 heteroatoms. The summed E-state index contributed by atoms with van der Waals surface area (Å²) in [5, 5.41) is 10.0. The number of nitrogens with one attached hydrogen (secondary N) is 2. The molecule has 33 heavy (non-hydrogen) atoms. The number of methoxy groups -OCH3 is 1. The van der Waals surface area contributed by atoms with Crippen molar-refractivity contribution in [2.45, 2.75) is 20.8 Å². The van der Waals surface area contributed by atoms with Crippen LogP contribution >= 0.6 is 0 Å². The lowest BCUT2D eigenvalue weighted by Crippen LogP contribution is -2.19. The van der Waals surface area contributed by atoms with Crippen LogP contribution in [0.5, 0.6) is 17.4 Å². The number of hydrogen-bond donors (Lipinski definition) is 2. The van der Waals surface area contributed by atoms with E-state index >= 15 is 0 Å². The average molecular weight is 444 g/mol. The molecule has 2 aromatic heterocycles. The zero-order valence-electron chi connectivity index (χ0n) is 18.8. The molecule has 9 nitrogen and oxygen atoms in total. The van der Waals surface area contributed by atoms with E-state index in [-0.39, 0.29) is 6.03 Å². The van der Waals surface area contributed by atoms with Gasteiger partial charge in [0.15, 0.2) is 5.82 Å². The van der Waals surface area contributed by atoms with Crippen molar-refractivity contribution < 1.29 is 14.3 Å². The number of amides is 2. The quantitative estimate of drug-likeness (QED) is 0.432. The summed E-state index contributed by atoms with van der Waals surface area (Å²) in [5.41, 5.74) is 3.16. The summed E-state index contributed by atoms with van der Waals surface area (Å²) in [6.07, 6.45) is 0. The first-order valence-corrected chi connectivity index (χ1v) is 10.3. The van der Waals surface area contributed by atoms with Crippen LogP contribution in [0, 0.1) is 20.8 Å². The van der Waals surface area contributed by atoms with Crippen molar-refractivity contribution in [1.82, 2.24) is 19.7 Å². The van der Waals surface area contributed by atoms with Crippen LogP contribution in [0.2, 0.25) is 0 Å². The number of anilines is 2. The maximum Gasteiger partial charge on any atom is 0.323 e. The van der Waals surface area contributed by atoms with Crippen molar-refractivity contribution in [3.63, 3.8) is 0 Å². The molecule has 2 amide bonds. The largest absolute Gasteiger partial charge is 0.497 e. The Morgan fingerprint density at radius 2 is 1.45 bits per heavy atom. The Labute approximate surface area is 191 Å². The van der Waals surface area contributed by atoms with Gasteiger partial charge in [-0.3, -0.25) is 0 Å². The van der Waals surface area contributed by atoms with Gasteiger partial charge in [-0.15, -0.1) is 0 Å². The van der Waals surface area contributed by atoms with Gasteiger partial charge in [-0.1, -0.05) is 0 Å². The van der Waals surface area contributed by atoms with E-state index in [4.69, 9.17) is 9.47 Å². The second-order valence-electron chi connectivity index (χ2n) is 7.38. The minimum absolute atomic E-state index is 0.352. The van der Waals surface area contributed by atoms with Crippen LogP contribution in [0.3, 0.4) is 0 Å². The lowest BCUT2D eigenvalue weighted by atomic mass is 10.3. The van der Waals surface area contributed by atoms with E-state index in [1.807, 2.05) is 19.9 Å². The minimum Gasteiger partial charge on any atom is -0.497 e. The fourth-order valence-electron chi connectivity index (χ4n) is 3.24. The van der Waals surface area contributed by atoms with E-state index in [2.05, 4.69) is 25.7 Å². The summed E-state index contributed by atoms with van der Waals surface area (Å²) in [6.45, 7) is 5.70. The Bertz CT molecular complexity index is 1270. The highest BCUT2D eigenvalue weighted by Crippen LogP contribution is 2.24. The smallest absolute Gasteiger partial charge is 0.323 e. The molecule has 168 valence electrons. The Morgan fingerprint density at radius 3 is 2.00 bits per heavy atom. The van der Waals surface area contributed by atoms with Crippen molar-refractivity contribution in [2.24, 2.45) is 0 Å². The van der Waals surface area contributed by atoms with Crippen LogP contribution < -0.4 is 20.1 Å². The Morgan fingerprint density at radius 1 is 0.848 bits per heavy atom. The van der Waals surface area contributed by atoms with Crippen molar-refractivity contribution in [3.8, 4) is 23.2 Å². The van der Waals surface area contributed by atoms with E-state index in [0.29, 0.717) is 34.6 Å². The average Bonchev–Trinajstić information content (AvgIpc) is 3.13. The van der Waals surface area contributed by atoms with E-state index in [9.17, 15) is 4.79 Å². The second-order valence-corrected chi connectivity index (χ2v) is 7.38. The molecule has 0 aliphatic rings. The second kappa shape index (κ2) is 9.39. The fraction of sp³-hybridized carbons (Fsp3) is 0.167. The fourth-order valence-corrected chi connectivity index (χ4v) is 3.24. The molecule has 0 aliphatic carbocycles. The molecule has 4 aromatic rings. The van der Waals surface area contributed by atoms with Gasteiger partial charge < -0.3 is 20.1 Å². The number of carbonyl (C=O) groups is 1. The van der Waals surface area contributed by atoms with Gasteiger partial charge in [-0.2, -0.15) is 10.1 Å². The zero-order chi connectivity index (χ0) is 23.4. The monoisotopic (exact) mass is 444 g/mol. The highest BCUT2D eigenvalue weighted by Gasteiger charge is 2.10. The Kier molecular flexibility index (Phi) is 6.21. The van der Waals surface area contributed by atoms with Crippen molar-refractivity contribution in [1.29, 1.82) is 0 Å². The molecule has 0 unspecified atom stereocenters. The lowest BCUT2D eigenvalue weighted by molar-refractivity contribution is 0.262. The first-order chi connectivity index (χ1) is 15.9. The maximum absolute atomic E-state index is 12.2. The molecule has 0 spiro atoms. The van der Waals surface area contributed by atoms with Gasteiger partial charge in [0.1, 0.15) is 17.3 Å². The van der Waals surface area contributed by atoms with Crippen LogP contribution in [-0.4, -0.2) is 32.9 Å². The minimum atomic E-state index is -0.352. The number of aromatic nitrogens is 4. The normalized spacial score (nSPS) is 10.5. The molecule has 2 N–H and O–H groups in total. The summed E-state index contributed by atoms with van der Waals surface area (Å²) in [6, 6.07) is 17.4. The number of nitrogens with zero attached hydrogens (tertiary/aromatic N) is 4. The first kappa shape index (κ1) is 21.8. The van der Waals surface area contributed by atoms with Crippen LogP contribution in [-0.2, 0) is 0 Å². The van der Waals surface area contributed by atoms with Gasteiger partial charge in [-0.25, -0.2) is 14.5 Å². The number of benzene rings is 2. The van der Waals surface area contributed by atoms with Crippen LogP contribution in [0.25, 0.3) is 5.82 Å². The van der Waals surface area contributed by atoms with Gasteiger partial charge in [0.2, 0.25) is 5.88 Å². The highest BCUT2D eigenvalue weighted by molar-refractivity contribution is 5.99. The number of rotatable bonds is 6. The number of hydrogen-bond acceptors (Lipinski definition) is 6. The Balaban J connectivity index is 1.41. The van der Waals surface area contributed by atoms with Crippen LogP contribution in [0.15, 0.2) is 60.7 Å². The predicted molar refractivity (Wildman–Crippen MR) is 126 cm³/mol. The summed E-state index contributed by atoms with van der Waals surface area (Å²) < 4.78 is 12.8. The molecule has 0 fully saturated rings. The van der Waals surface area contributed by atoms with Crippen LogP contribution in [0.1, 0.15) is 17.2 Å². The van der Waals surface area contributed by atoms with Crippen molar-refractivity contribution >= 4 is 17.4 Å². The van der Waals surface area contributed by atoms with Crippen molar-refractivity contribution in [2.75, 3.05) is 17.7 Å². The molecule has 2 heterocycles. The first-order valence-electron chi connectivity index (χ1n) is 10.3. The van der Waals surface area contributed by atoms with Crippen molar-refractivity contribution in [3.05, 3.63) is 77.9 Å². The molecule has 0 bridgehead atoms. The van der Waals surface area contributed by atoms with Gasteiger partial charge in [0, 0.05) is 23.1 Å². The third-order valence-corrected chi connectivity index (χ3v) is 4.71. The zero-order valence-corrected chi connectivity index (χ0v) is 18.8. The molecule has 0 radical (unpaired) electrons. The number of urea groups is 1. The molecular formula is C24H24N6O3. The molecule has 0 aliphatic heterocycles. The third-order valence-electron chi connectivity index (χ3n) is 4.71. The lowest BCUT2D eigenvalue weighted by Gasteiger charge is -2.10. The summed E-state index contributed by atoms with van der Waals surface area (Å²) in [4.78, 5) is 21.1. The molecule has 0 saturated carbocycles. The summed E-state index contributed by atoms with van der Waals surface area (Å²) in [7, 11) is 1.59. The number of ether oxygens (including phenoxy) is 2. The van der Waals surface area contributed by atoms with Gasteiger partial charge in [0.05, 0.1) is 12.8 Å². The molecule has 0 saturated heterocycles. The maximum atomic E-state index is 12.2. The van der Waals surface area contributed by atoms with Gasteiger partial charge in [-0.05, 0) is 75.4 Å². The summed E-state index contributed by atoms with van der Waals surface area (Å²) in [5.74, 6) is 2.91. The van der Waals surface area contributed by atoms with E-state index in [1.165, 1.54) is 0 Å². The van der Waals surface area contributed by atoms with E-state index in [1.54, 1.807) is 73.3 Å². The Hall–Kier alpha value is -4.40. The third kappa shape index (κ3) is 5.45. The highest BCUT2D eigenvalue weighted by atomic mass is 16.5. The standard InChI is InChI=1S/C24H24N6O3/c1-15-13-16(2)30(29-15)22-14-23(26-17(3)25-22)33-21-11-7-19(8-12-21)28-24(31)27-18-5-9-20(32-4)10-6-18/h5-14H,1-4H3,(H2,27,28,31). The SMILES string of the molecule is COc1ccc(NC(=O)Nc2ccc(Oc3cc(-n4nc(C)cc4C)nc(C)n3)cc2)cc1. The van der Waals surface area contributed by atoms with E-state index < -0.39 is 0 Å². The predicted octanol–water partition coefficient (Wildman–Crippen LogP) is 5.03. The van der Waals surface area contributed by atoms with E-state index in [0.717, 1.165) is 17.1 Å². The van der Waals surface area contributed by atoms with Gasteiger partial charge >= 0.3 is 6.03 Å².